The Bertz CT molecular complexity index is 621. The summed E-state index contributed by atoms with van der Waals surface area (Å²) in [5.74, 6) is -0.737. The van der Waals surface area contributed by atoms with Crippen molar-refractivity contribution < 1.29 is 23.5 Å². The molecule has 1 heterocycles. The number of benzene rings is 1. The van der Waals surface area contributed by atoms with E-state index in [-0.39, 0.29) is 17.8 Å². The molecular weight excluding hydrogens is 315 g/mol. The maximum Gasteiger partial charge on any atom is 0.325 e. The molecule has 7 heteroatoms. The number of nitrogens with zero attached hydrogens (tertiary/aromatic N) is 1. The summed E-state index contributed by atoms with van der Waals surface area (Å²) in [6.07, 6.45) is 0.470. The van der Waals surface area contributed by atoms with Crippen molar-refractivity contribution in [3.63, 3.8) is 0 Å². The zero-order chi connectivity index (χ0) is 17.9. The highest BCUT2D eigenvalue weighted by Gasteiger charge is 2.40. The molecule has 1 saturated heterocycles. The third-order valence-corrected chi connectivity index (χ3v) is 3.96. The Hall–Kier alpha value is -2.15. The van der Waals surface area contributed by atoms with Crippen molar-refractivity contribution in [3.05, 3.63) is 29.6 Å². The van der Waals surface area contributed by atoms with Crippen molar-refractivity contribution in [2.45, 2.75) is 45.4 Å². The predicted octanol–water partition coefficient (Wildman–Crippen LogP) is 2.63. The molecule has 0 aliphatic carbocycles. The van der Waals surface area contributed by atoms with Crippen LogP contribution >= 0.6 is 0 Å². The molecule has 1 N–H and O–H groups in total. The number of carbonyl (C=O) groups excluding carboxylic acids is 2. The molecule has 0 aromatic heterocycles. The average molecular weight is 338 g/mol. The number of urea groups is 1. The molecule has 1 aliphatic rings. The van der Waals surface area contributed by atoms with Crippen molar-refractivity contribution in [1.82, 2.24) is 10.2 Å². The van der Waals surface area contributed by atoms with Gasteiger partial charge in [-0.05, 0) is 38.5 Å². The fourth-order valence-electron chi connectivity index (χ4n) is 2.62. The molecule has 0 bridgehead atoms. The minimum Gasteiger partial charge on any atom is -0.494 e. The Morgan fingerprint density at radius 2 is 2.00 bits per heavy atom. The van der Waals surface area contributed by atoms with E-state index in [9.17, 15) is 14.0 Å². The van der Waals surface area contributed by atoms with Crippen LogP contribution in [0.25, 0.3) is 0 Å². The first-order valence-corrected chi connectivity index (χ1v) is 7.93. The molecule has 0 unspecified atom stereocenters. The molecule has 0 radical (unpaired) electrons. The van der Waals surface area contributed by atoms with Gasteiger partial charge in [-0.2, -0.15) is 0 Å². The van der Waals surface area contributed by atoms with Gasteiger partial charge in [0.15, 0.2) is 11.6 Å². The van der Waals surface area contributed by atoms with Crippen LogP contribution in [0.1, 0.15) is 38.8 Å². The monoisotopic (exact) mass is 338 g/mol. The van der Waals surface area contributed by atoms with Crippen LogP contribution in [0.4, 0.5) is 9.18 Å². The molecule has 2 rings (SSSR count). The summed E-state index contributed by atoms with van der Waals surface area (Å²) < 4.78 is 24.2. The van der Waals surface area contributed by atoms with E-state index < -0.39 is 23.9 Å². The van der Waals surface area contributed by atoms with E-state index in [0.29, 0.717) is 18.6 Å². The van der Waals surface area contributed by atoms with Crippen LogP contribution in [0.3, 0.4) is 0 Å². The van der Waals surface area contributed by atoms with E-state index in [4.69, 9.17) is 9.47 Å². The van der Waals surface area contributed by atoms with Crippen molar-refractivity contribution in [1.29, 1.82) is 0 Å². The van der Waals surface area contributed by atoms with Crippen molar-refractivity contribution in [2.24, 2.45) is 0 Å². The summed E-state index contributed by atoms with van der Waals surface area (Å²) >= 11 is 0. The summed E-state index contributed by atoms with van der Waals surface area (Å²) in [5, 5.41) is 2.65. The zero-order valence-electron chi connectivity index (χ0n) is 14.3. The summed E-state index contributed by atoms with van der Waals surface area (Å²) in [7, 11) is 1.38. The Morgan fingerprint density at radius 3 is 2.58 bits per heavy atom. The lowest BCUT2D eigenvalue weighted by Gasteiger charge is -2.22. The van der Waals surface area contributed by atoms with Crippen LogP contribution in [0.2, 0.25) is 0 Å². The molecule has 1 fully saturated rings. The summed E-state index contributed by atoms with van der Waals surface area (Å²) in [6.45, 7) is 5.88. The summed E-state index contributed by atoms with van der Waals surface area (Å²) in [6, 6.07) is 2.74. The molecule has 1 aliphatic heterocycles. The minimum atomic E-state index is -0.609. The van der Waals surface area contributed by atoms with E-state index in [1.54, 1.807) is 13.0 Å². The van der Waals surface area contributed by atoms with E-state index in [1.807, 2.05) is 13.8 Å². The van der Waals surface area contributed by atoms with Crippen molar-refractivity contribution in [3.8, 4) is 5.75 Å². The van der Waals surface area contributed by atoms with Crippen LogP contribution in [0.15, 0.2) is 18.2 Å². The third kappa shape index (κ3) is 3.84. The smallest absolute Gasteiger partial charge is 0.325 e. The van der Waals surface area contributed by atoms with E-state index >= 15 is 0 Å². The van der Waals surface area contributed by atoms with Gasteiger partial charge in [-0.1, -0.05) is 6.07 Å². The van der Waals surface area contributed by atoms with E-state index in [0.717, 1.165) is 4.90 Å². The van der Waals surface area contributed by atoms with Gasteiger partial charge in [0.1, 0.15) is 6.04 Å². The minimum absolute atomic E-state index is 0.0644. The highest BCUT2D eigenvalue weighted by atomic mass is 19.1. The zero-order valence-corrected chi connectivity index (χ0v) is 14.3. The number of amides is 3. The molecule has 3 amide bonds. The third-order valence-electron chi connectivity index (χ3n) is 3.96. The lowest BCUT2D eigenvalue weighted by molar-refractivity contribution is -0.129. The van der Waals surface area contributed by atoms with E-state index in [1.165, 1.54) is 19.2 Å². The molecule has 1 aromatic carbocycles. The molecule has 132 valence electrons. The number of hydrogen-bond donors (Lipinski definition) is 1. The molecule has 2 atom stereocenters. The molecular formula is C17H23FN2O4. The van der Waals surface area contributed by atoms with Crippen molar-refractivity contribution >= 4 is 11.9 Å². The topological polar surface area (TPSA) is 67.9 Å². The number of nitrogens with one attached hydrogen (secondary N) is 1. The second-order valence-electron chi connectivity index (χ2n) is 5.99. The highest BCUT2D eigenvalue weighted by molar-refractivity contribution is 6.04. The average Bonchev–Trinajstić information content (AvgIpc) is 2.80. The highest BCUT2D eigenvalue weighted by Crippen LogP contribution is 2.28. The van der Waals surface area contributed by atoms with Gasteiger partial charge in [-0.25, -0.2) is 9.18 Å². The fourth-order valence-corrected chi connectivity index (χ4v) is 2.62. The Labute approximate surface area is 140 Å². The van der Waals surface area contributed by atoms with Crippen molar-refractivity contribution in [2.75, 3.05) is 13.7 Å². The largest absolute Gasteiger partial charge is 0.494 e. The second-order valence-corrected chi connectivity index (χ2v) is 5.99. The number of halogens is 1. The number of rotatable bonds is 7. The van der Waals surface area contributed by atoms with Crippen LogP contribution in [-0.4, -0.2) is 42.7 Å². The van der Waals surface area contributed by atoms with Crippen LogP contribution in [0.5, 0.6) is 5.75 Å². The summed E-state index contributed by atoms with van der Waals surface area (Å²) in [4.78, 5) is 25.8. The van der Waals surface area contributed by atoms with Gasteiger partial charge in [0.2, 0.25) is 0 Å². The maximum atomic E-state index is 13.9. The van der Waals surface area contributed by atoms with Gasteiger partial charge in [0.25, 0.3) is 5.91 Å². The van der Waals surface area contributed by atoms with Gasteiger partial charge < -0.3 is 14.8 Å². The fraction of sp³-hybridized carbons (Fsp3) is 0.529. The number of carbonyl (C=O) groups is 2. The standard InChI is InChI=1S/C17H23FN2O4/c1-10(2)24-8-7-14-16(21)20(17(22)19-14)11(3)12-5-6-15(23-4)13(18)9-12/h5-6,9-11,14H,7-8H2,1-4H3,(H,19,22)/t11-,14+/m0/s1. The van der Waals surface area contributed by atoms with Gasteiger partial charge in [0, 0.05) is 13.0 Å². The van der Waals surface area contributed by atoms with E-state index in [2.05, 4.69) is 5.32 Å². The van der Waals surface area contributed by atoms with Gasteiger partial charge >= 0.3 is 6.03 Å². The Kier molecular flexibility index (Phi) is 5.77. The second kappa shape index (κ2) is 7.61. The van der Waals surface area contributed by atoms with Gasteiger partial charge in [-0.15, -0.1) is 0 Å². The van der Waals surface area contributed by atoms with Gasteiger partial charge in [-0.3, -0.25) is 9.69 Å². The molecule has 24 heavy (non-hydrogen) atoms. The number of methoxy groups -OCH3 is 1. The number of imide groups is 1. The Balaban J connectivity index is 2.09. The lowest BCUT2D eigenvalue weighted by Crippen LogP contribution is -2.34. The first kappa shape index (κ1) is 18.2. The normalized spacial score (nSPS) is 18.9. The van der Waals surface area contributed by atoms with Gasteiger partial charge in [0.05, 0.1) is 19.3 Å². The Morgan fingerprint density at radius 1 is 1.29 bits per heavy atom. The molecule has 6 nitrogen and oxygen atoms in total. The first-order valence-electron chi connectivity index (χ1n) is 7.93. The SMILES string of the molecule is COc1ccc([C@H](C)N2C(=O)N[C@H](CCOC(C)C)C2=O)cc1F. The predicted molar refractivity (Wildman–Crippen MR) is 86.2 cm³/mol. The molecule has 0 saturated carbocycles. The van der Waals surface area contributed by atoms with Crippen LogP contribution in [0, 0.1) is 5.82 Å². The van der Waals surface area contributed by atoms with Crippen LogP contribution in [-0.2, 0) is 9.53 Å². The maximum absolute atomic E-state index is 13.9. The molecule has 0 spiro atoms. The number of hydrogen-bond acceptors (Lipinski definition) is 4. The summed E-state index contributed by atoms with van der Waals surface area (Å²) in [5.41, 5.74) is 0.524. The first-order chi connectivity index (χ1) is 11.3. The quantitative estimate of drug-likeness (QED) is 0.776. The number of ether oxygens (including phenoxy) is 2. The molecule has 1 aromatic rings. The van der Waals surface area contributed by atoms with Crippen LogP contribution < -0.4 is 10.1 Å². The lowest BCUT2D eigenvalue weighted by atomic mass is 10.1.